The summed E-state index contributed by atoms with van der Waals surface area (Å²) >= 11 is 0. The van der Waals surface area contributed by atoms with Gasteiger partial charge in [-0.15, -0.1) is 0 Å². The number of primary amides is 1. The molecule has 3 N–H and O–H groups in total. The first-order valence-corrected chi connectivity index (χ1v) is 9.32. The normalized spacial score (nSPS) is 12.0. The van der Waals surface area contributed by atoms with Crippen molar-refractivity contribution < 1.29 is 27.8 Å². The molecule has 0 unspecified atom stereocenters. The van der Waals surface area contributed by atoms with Gasteiger partial charge in [0.1, 0.15) is 0 Å². The molecule has 2 aromatic carbocycles. The van der Waals surface area contributed by atoms with Crippen LogP contribution in [0.4, 0.5) is 14.5 Å². The van der Waals surface area contributed by atoms with Gasteiger partial charge in [-0.25, -0.2) is 0 Å². The van der Waals surface area contributed by atoms with Crippen molar-refractivity contribution in [1.29, 1.82) is 0 Å². The first-order valence-electron chi connectivity index (χ1n) is 9.32. The van der Waals surface area contributed by atoms with Crippen LogP contribution in [0.1, 0.15) is 29.8 Å². The Morgan fingerprint density at radius 2 is 1.80 bits per heavy atom. The number of alkyl halides is 2. The van der Waals surface area contributed by atoms with Gasteiger partial charge in [-0.3, -0.25) is 14.5 Å². The number of hydrogen-bond acceptors (Lipinski definition) is 5. The van der Waals surface area contributed by atoms with Gasteiger partial charge in [-0.2, -0.15) is 8.78 Å². The second kappa shape index (κ2) is 10.5. The van der Waals surface area contributed by atoms with E-state index in [-0.39, 0.29) is 17.4 Å². The van der Waals surface area contributed by atoms with Crippen molar-refractivity contribution in [3.05, 3.63) is 53.6 Å². The fraction of sp³-hybridized carbons (Fsp3) is 0.333. The van der Waals surface area contributed by atoms with E-state index in [4.69, 9.17) is 10.5 Å². The summed E-state index contributed by atoms with van der Waals surface area (Å²) in [6.07, 6.45) is 0. The minimum absolute atomic E-state index is 0.0385. The van der Waals surface area contributed by atoms with Crippen LogP contribution in [0.25, 0.3) is 0 Å². The Morgan fingerprint density at radius 3 is 2.37 bits per heavy atom. The molecule has 0 saturated carbocycles. The molecule has 0 aliphatic carbocycles. The van der Waals surface area contributed by atoms with Crippen molar-refractivity contribution in [3.8, 4) is 11.5 Å². The largest absolute Gasteiger partial charge is 0.490 e. The third kappa shape index (κ3) is 6.41. The molecule has 2 amide bonds. The van der Waals surface area contributed by atoms with E-state index in [0.717, 1.165) is 5.56 Å². The van der Waals surface area contributed by atoms with Crippen LogP contribution >= 0.6 is 0 Å². The molecule has 0 aromatic heterocycles. The van der Waals surface area contributed by atoms with Gasteiger partial charge in [0.25, 0.3) is 0 Å². The van der Waals surface area contributed by atoms with Gasteiger partial charge in [0, 0.05) is 17.8 Å². The molecule has 0 aliphatic heterocycles. The summed E-state index contributed by atoms with van der Waals surface area (Å²) in [7, 11) is 1.77. The number of nitrogens with two attached hydrogens (primary N) is 1. The molecule has 2 rings (SSSR count). The van der Waals surface area contributed by atoms with Gasteiger partial charge >= 0.3 is 6.61 Å². The van der Waals surface area contributed by atoms with Crippen LogP contribution < -0.4 is 20.5 Å². The Balaban J connectivity index is 2.03. The van der Waals surface area contributed by atoms with Crippen LogP contribution in [0, 0.1) is 0 Å². The molecule has 0 heterocycles. The predicted octanol–water partition coefficient (Wildman–Crippen LogP) is 3.24. The topological polar surface area (TPSA) is 93.9 Å². The average molecular weight is 421 g/mol. The lowest BCUT2D eigenvalue weighted by molar-refractivity contribution is -0.120. The van der Waals surface area contributed by atoms with E-state index in [0.29, 0.717) is 24.4 Å². The van der Waals surface area contributed by atoms with Crippen LogP contribution in [0.3, 0.4) is 0 Å². The molecular formula is C21H25F2N3O4. The number of rotatable bonds is 10. The number of amides is 2. The minimum Gasteiger partial charge on any atom is -0.490 e. The molecule has 2 aromatic rings. The highest BCUT2D eigenvalue weighted by Gasteiger charge is 2.19. The summed E-state index contributed by atoms with van der Waals surface area (Å²) in [5, 5.41) is 2.78. The van der Waals surface area contributed by atoms with Crippen molar-refractivity contribution in [3.63, 3.8) is 0 Å². The van der Waals surface area contributed by atoms with Gasteiger partial charge in [0.2, 0.25) is 11.8 Å². The highest BCUT2D eigenvalue weighted by atomic mass is 19.3. The molecular weight excluding hydrogens is 396 g/mol. The number of carbonyl (C=O) groups is 2. The Morgan fingerprint density at radius 1 is 1.13 bits per heavy atom. The molecule has 0 radical (unpaired) electrons. The van der Waals surface area contributed by atoms with E-state index >= 15 is 0 Å². The quantitative estimate of drug-likeness (QED) is 0.614. The monoisotopic (exact) mass is 421 g/mol. The number of carbonyl (C=O) groups excluding carboxylic acids is 2. The number of nitrogens with zero attached hydrogens (tertiary/aromatic N) is 1. The van der Waals surface area contributed by atoms with E-state index in [1.54, 1.807) is 50.1 Å². The molecule has 0 aliphatic rings. The first kappa shape index (κ1) is 23.1. The fourth-order valence-corrected chi connectivity index (χ4v) is 2.70. The maximum atomic E-state index is 12.5. The number of hydrogen-bond donors (Lipinski definition) is 2. The maximum Gasteiger partial charge on any atom is 0.387 e. The summed E-state index contributed by atoms with van der Waals surface area (Å²) in [6.45, 7) is 1.22. The third-order valence-corrected chi connectivity index (χ3v) is 4.43. The van der Waals surface area contributed by atoms with E-state index < -0.39 is 18.6 Å². The van der Waals surface area contributed by atoms with Crippen molar-refractivity contribution in [2.45, 2.75) is 33.0 Å². The molecule has 0 fully saturated rings. The summed E-state index contributed by atoms with van der Waals surface area (Å²) < 4.78 is 34.9. The number of nitrogens with one attached hydrogen (secondary N) is 1. The van der Waals surface area contributed by atoms with E-state index in [1.807, 2.05) is 0 Å². The van der Waals surface area contributed by atoms with Gasteiger partial charge in [0.15, 0.2) is 11.5 Å². The van der Waals surface area contributed by atoms with Crippen LogP contribution in [0.15, 0.2) is 42.5 Å². The summed E-state index contributed by atoms with van der Waals surface area (Å²) in [4.78, 5) is 25.5. The van der Waals surface area contributed by atoms with Crippen LogP contribution in [0.2, 0.25) is 0 Å². The molecule has 0 bridgehead atoms. The lowest BCUT2D eigenvalue weighted by Gasteiger charge is -2.24. The molecule has 162 valence electrons. The Hall–Kier alpha value is -3.20. The molecule has 30 heavy (non-hydrogen) atoms. The Bertz CT molecular complexity index is 875. The van der Waals surface area contributed by atoms with Gasteiger partial charge < -0.3 is 20.5 Å². The molecule has 0 spiro atoms. The molecule has 9 heteroatoms. The highest BCUT2D eigenvalue weighted by Crippen LogP contribution is 2.30. The molecule has 7 nitrogen and oxygen atoms in total. The Kier molecular flexibility index (Phi) is 8.11. The average Bonchev–Trinajstić information content (AvgIpc) is 2.69. The lowest BCUT2D eigenvalue weighted by atomic mass is 10.1. The van der Waals surface area contributed by atoms with Crippen molar-refractivity contribution >= 4 is 17.5 Å². The summed E-state index contributed by atoms with van der Waals surface area (Å²) in [5.74, 6) is -0.608. The lowest BCUT2D eigenvalue weighted by Crippen LogP contribution is -2.39. The smallest absolute Gasteiger partial charge is 0.387 e. The third-order valence-electron chi connectivity index (χ3n) is 4.43. The number of anilines is 1. The van der Waals surface area contributed by atoms with Crippen molar-refractivity contribution in [2.75, 3.05) is 19.0 Å². The zero-order valence-corrected chi connectivity index (χ0v) is 17.0. The fourth-order valence-electron chi connectivity index (χ4n) is 2.70. The van der Waals surface area contributed by atoms with E-state index in [1.165, 1.54) is 18.2 Å². The van der Waals surface area contributed by atoms with Crippen LogP contribution in [-0.2, 0) is 11.3 Å². The predicted molar refractivity (Wildman–Crippen MR) is 109 cm³/mol. The van der Waals surface area contributed by atoms with E-state index in [2.05, 4.69) is 10.1 Å². The van der Waals surface area contributed by atoms with Gasteiger partial charge in [0.05, 0.1) is 12.6 Å². The van der Waals surface area contributed by atoms with Crippen LogP contribution in [0.5, 0.6) is 11.5 Å². The maximum absolute atomic E-state index is 12.5. The molecule has 1 atom stereocenters. The van der Waals surface area contributed by atoms with Gasteiger partial charge in [-0.05, 0) is 62.9 Å². The second-order valence-electron chi connectivity index (χ2n) is 6.61. The summed E-state index contributed by atoms with van der Waals surface area (Å²) in [5.41, 5.74) is 6.86. The van der Waals surface area contributed by atoms with Crippen molar-refractivity contribution in [2.24, 2.45) is 5.73 Å². The van der Waals surface area contributed by atoms with E-state index in [9.17, 15) is 18.4 Å². The highest BCUT2D eigenvalue weighted by molar-refractivity contribution is 5.96. The Labute approximate surface area is 173 Å². The number of ether oxygens (including phenoxy) is 2. The molecule has 0 saturated heterocycles. The standard InChI is InChI=1S/C21H25F2N3O4/c1-4-29-18-11-14(5-10-17(18)30-21(22)23)12-26(3)13(2)20(28)25-16-8-6-15(7-9-16)19(24)27/h5-11,13,21H,4,12H2,1-3H3,(H2,24,27)(H,25,28)/t13-/m0/s1. The zero-order chi connectivity index (χ0) is 22.3. The number of likely N-dealkylation sites (N-methyl/N-ethyl adjacent to an activating group) is 1. The minimum atomic E-state index is -2.95. The van der Waals surface area contributed by atoms with Crippen LogP contribution in [-0.4, -0.2) is 43.0 Å². The SMILES string of the molecule is CCOc1cc(CN(C)[C@@H](C)C(=O)Nc2ccc(C(N)=O)cc2)ccc1OC(F)F. The number of halogens is 2. The first-order chi connectivity index (χ1) is 14.2. The number of benzene rings is 2. The van der Waals surface area contributed by atoms with Crippen molar-refractivity contribution in [1.82, 2.24) is 4.90 Å². The zero-order valence-electron chi connectivity index (χ0n) is 17.0. The summed E-state index contributed by atoms with van der Waals surface area (Å²) in [6, 6.07) is 10.4. The van der Waals surface area contributed by atoms with Gasteiger partial charge in [-0.1, -0.05) is 6.07 Å². The second-order valence-corrected chi connectivity index (χ2v) is 6.61.